The van der Waals surface area contributed by atoms with Crippen LogP contribution in [0.3, 0.4) is 0 Å². The third-order valence-electron chi connectivity index (χ3n) is 6.96. The van der Waals surface area contributed by atoms with Crippen LogP contribution in [0, 0.1) is 11.8 Å². The van der Waals surface area contributed by atoms with Crippen molar-refractivity contribution in [3.63, 3.8) is 0 Å². The number of aromatic nitrogens is 3. The van der Waals surface area contributed by atoms with Gasteiger partial charge >= 0.3 is 0 Å². The summed E-state index contributed by atoms with van der Waals surface area (Å²) in [5.74, 6) is 3.23. The fourth-order valence-corrected chi connectivity index (χ4v) is 5.64. The molecule has 3 unspecified atom stereocenters. The maximum Gasteiger partial charge on any atom is 0.241 e. The Hall–Kier alpha value is -2.08. The minimum atomic E-state index is 0.208. The van der Waals surface area contributed by atoms with Crippen molar-refractivity contribution < 1.29 is 0 Å². The summed E-state index contributed by atoms with van der Waals surface area (Å²) in [6.07, 6.45) is 8.48. The number of benzene rings is 1. The second kappa shape index (κ2) is 6.27. The van der Waals surface area contributed by atoms with Crippen LogP contribution in [0.5, 0.6) is 0 Å². The first-order valence-electron chi connectivity index (χ1n) is 10.00. The zero-order chi connectivity index (χ0) is 17.7. The summed E-state index contributed by atoms with van der Waals surface area (Å²) in [4.78, 5) is 6.76. The number of rotatable bonds is 3. The lowest BCUT2D eigenvalue weighted by molar-refractivity contribution is 0.111. The molecule has 2 heterocycles. The molecule has 0 spiro atoms. The molecule has 3 atom stereocenters. The van der Waals surface area contributed by atoms with Crippen molar-refractivity contribution in [2.45, 2.75) is 50.5 Å². The third-order valence-corrected chi connectivity index (χ3v) is 6.96. The van der Waals surface area contributed by atoms with Crippen molar-refractivity contribution in [2.75, 3.05) is 24.6 Å². The second-order valence-corrected chi connectivity index (χ2v) is 8.38. The summed E-state index contributed by atoms with van der Waals surface area (Å²) >= 11 is 0. The Morgan fingerprint density at radius 2 is 1.69 bits per heavy atom. The second-order valence-electron chi connectivity index (χ2n) is 8.38. The summed E-state index contributed by atoms with van der Waals surface area (Å²) in [5.41, 5.74) is 13.8. The van der Waals surface area contributed by atoms with E-state index in [-0.39, 0.29) is 5.95 Å². The molecule has 6 nitrogen and oxygen atoms in total. The molecule has 1 aliphatic heterocycles. The van der Waals surface area contributed by atoms with E-state index < -0.39 is 0 Å². The minimum Gasteiger partial charge on any atom is -0.368 e. The molecule has 2 saturated carbocycles. The largest absolute Gasteiger partial charge is 0.368 e. The predicted octanol–water partition coefficient (Wildman–Crippen LogP) is 2.80. The van der Waals surface area contributed by atoms with Crippen LogP contribution in [-0.4, -0.2) is 38.8 Å². The Kier molecular flexibility index (Phi) is 3.89. The SMILES string of the molecule is Nc1nc(N)n(-c2ccc(C3CCN(C4CC5CCC4C5)CC3)cc2)n1. The summed E-state index contributed by atoms with van der Waals surface area (Å²) in [6, 6.07) is 9.46. The normalized spacial score (nSPS) is 29.5. The molecular weight excluding hydrogens is 324 g/mol. The molecule has 26 heavy (non-hydrogen) atoms. The topological polar surface area (TPSA) is 86.0 Å². The van der Waals surface area contributed by atoms with Gasteiger partial charge in [-0.3, -0.25) is 0 Å². The average molecular weight is 352 g/mol. The van der Waals surface area contributed by atoms with Crippen molar-refractivity contribution in [3.05, 3.63) is 29.8 Å². The highest BCUT2D eigenvalue weighted by molar-refractivity contribution is 5.42. The van der Waals surface area contributed by atoms with Crippen molar-refractivity contribution >= 4 is 11.9 Å². The molecule has 0 amide bonds. The molecule has 6 heteroatoms. The number of fused-ring (bicyclic) bond motifs is 2. The van der Waals surface area contributed by atoms with Gasteiger partial charge in [-0.25, -0.2) is 0 Å². The van der Waals surface area contributed by atoms with Crippen molar-refractivity contribution in [1.29, 1.82) is 0 Å². The number of nitrogen functional groups attached to an aromatic ring is 2. The number of nitrogens with two attached hydrogens (primary N) is 2. The van der Waals surface area contributed by atoms with E-state index in [0.29, 0.717) is 11.9 Å². The highest BCUT2D eigenvalue weighted by Crippen LogP contribution is 2.47. The van der Waals surface area contributed by atoms with Gasteiger partial charge in [0.25, 0.3) is 0 Å². The quantitative estimate of drug-likeness (QED) is 0.887. The van der Waals surface area contributed by atoms with Gasteiger partial charge in [-0.15, -0.1) is 5.10 Å². The first-order valence-corrected chi connectivity index (χ1v) is 10.00. The van der Waals surface area contributed by atoms with Gasteiger partial charge in [0.15, 0.2) is 0 Å². The number of piperidine rings is 1. The van der Waals surface area contributed by atoms with Gasteiger partial charge in [0.2, 0.25) is 11.9 Å². The molecule has 5 rings (SSSR count). The first kappa shape index (κ1) is 16.1. The molecular formula is C20H28N6. The fourth-order valence-electron chi connectivity index (χ4n) is 5.64. The number of likely N-dealkylation sites (tertiary alicyclic amines) is 1. The molecule has 1 aromatic heterocycles. The lowest BCUT2D eigenvalue weighted by atomic mass is 9.86. The first-order chi connectivity index (χ1) is 12.7. The maximum atomic E-state index is 5.86. The van der Waals surface area contributed by atoms with E-state index in [1.807, 2.05) is 0 Å². The molecule has 2 aromatic rings. The standard InChI is InChI=1S/C20H28N6/c21-19-23-20(22)26(24-19)17-5-3-14(4-6-17)15-7-9-25(10-8-15)18-12-13-1-2-16(18)11-13/h3-6,13,15-16,18H,1-2,7-12H2,(H4,21,22,23,24). The Morgan fingerprint density at radius 1 is 0.923 bits per heavy atom. The summed E-state index contributed by atoms with van der Waals surface area (Å²) < 4.78 is 1.59. The van der Waals surface area contributed by atoms with E-state index >= 15 is 0 Å². The Morgan fingerprint density at radius 3 is 2.27 bits per heavy atom. The van der Waals surface area contributed by atoms with Gasteiger partial charge in [0.05, 0.1) is 5.69 Å². The molecule has 4 N–H and O–H groups in total. The zero-order valence-corrected chi connectivity index (χ0v) is 15.2. The molecule has 2 aliphatic carbocycles. The lowest BCUT2D eigenvalue weighted by Gasteiger charge is -2.39. The van der Waals surface area contributed by atoms with E-state index in [9.17, 15) is 0 Å². The van der Waals surface area contributed by atoms with Crippen LogP contribution in [0.15, 0.2) is 24.3 Å². The summed E-state index contributed by atoms with van der Waals surface area (Å²) in [7, 11) is 0. The smallest absolute Gasteiger partial charge is 0.241 e. The Bertz CT molecular complexity index is 774. The van der Waals surface area contributed by atoms with Gasteiger partial charge in [0, 0.05) is 6.04 Å². The molecule has 0 radical (unpaired) electrons. The van der Waals surface area contributed by atoms with E-state index in [0.717, 1.165) is 23.6 Å². The average Bonchev–Trinajstić information content (AvgIpc) is 3.38. The van der Waals surface area contributed by atoms with Crippen LogP contribution in [0.2, 0.25) is 0 Å². The summed E-state index contributed by atoms with van der Waals surface area (Å²) in [5, 5.41) is 4.15. The van der Waals surface area contributed by atoms with Gasteiger partial charge in [-0.1, -0.05) is 18.6 Å². The predicted molar refractivity (Wildman–Crippen MR) is 103 cm³/mol. The van der Waals surface area contributed by atoms with Crippen LogP contribution < -0.4 is 11.5 Å². The van der Waals surface area contributed by atoms with Crippen LogP contribution in [-0.2, 0) is 0 Å². The van der Waals surface area contributed by atoms with Crippen LogP contribution in [0.25, 0.3) is 5.69 Å². The third kappa shape index (κ3) is 2.76. The molecule has 1 saturated heterocycles. The number of hydrogen-bond donors (Lipinski definition) is 2. The number of anilines is 2. The van der Waals surface area contributed by atoms with E-state index in [1.165, 1.54) is 57.2 Å². The zero-order valence-electron chi connectivity index (χ0n) is 15.2. The Labute approximate surface area is 154 Å². The van der Waals surface area contributed by atoms with E-state index in [1.54, 1.807) is 4.68 Å². The van der Waals surface area contributed by atoms with Gasteiger partial charge in [-0.2, -0.15) is 9.67 Å². The molecule has 3 aliphatic rings. The Balaban J connectivity index is 1.23. The molecule has 2 bridgehead atoms. The molecule has 3 fully saturated rings. The molecule has 138 valence electrons. The molecule has 1 aromatic carbocycles. The summed E-state index contributed by atoms with van der Waals surface area (Å²) in [6.45, 7) is 2.51. The van der Waals surface area contributed by atoms with Gasteiger partial charge in [-0.05, 0) is 80.6 Å². The van der Waals surface area contributed by atoms with Crippen molar-refractivity contribution in [2.24, 2.45) is 11.8 Å². The highest BCUT2D eigenvalue weighted by atomic mass is 15.4. The van der Waals surface area contributed by atoms with Crippen molar-refractivity contribution in [1.82, 2.24) is 19.7 Å². The fraction of sp³-hybridized carbons (Fsp3) is 0.600. The minimum absolute atomic E-state index is 0.208. The van der Waals surface area contributed by atoms with Crippen LogP contribution in [0.4, 0.5) is 11.9 Å². The lowest BCUT2D eigenvalue weighted by Crippen LogP contribution is -2.43. The van der Waals surface area contributed by atoms with Crippen molar-refractivity contribution in [3.8, 4) is 5.69 Å². The van der Waals surface area contributed by atoms with Crippen LogP contribution in [0.1, 0.15) is 50.0 Å². The highest BCUT2D eigenvalue weighted by Gasteiger charge is 2.42. The van der Waals surface area contributed by atoms with Crippen LogP contribution >= 0.6 is 0 Å². The van der Waals surface area contributed by atoms with Gasteiger partial charge in [0.1, 0.15) is 0 Å². The monoisotopic (exact) mass is 352 g/mol. The van der Waals surface area contributed by atoms with E-state index in [4.69, 9.17) is 11.5 Å². The van der Waals surface area contributed by atoms with E-state index in [2.05, 4.69) is 39.2 Å². The number of nitrogens with zero attached hydrogens (tertiary/aromatic N) is 4. The van der Waals surface area contributed by atoms with Gasteiger partial charge < -0.3 is 16.4 Å². The number of hydrogen-bond acceptors (Lipinski definition) is 5. The maximum absolute atomic E-state index is 5.86.